The molecule has 0 spiro atoms. The molecule has 1 aromatic rings. The van der Waals surface area contributed by atoms with Crippen molar-refractivity contribution in [1.82, 2.24) is 0 Å². The van der Waals surface area contributed by atoms with Crippen LogP contribution in [0.1, 0.15) is 12.8 Å². The number of nitrogens with two attached hydrogens (primary N) is 1. The molecule has 0 saturated heterocycles. The van der Waals surface area contributed by atoms with Gasteiger partial charge in [-0.25, -0.2) is 8.42 Å². The number of hydrogen-bond donors (Lipinski definition) is 2. The Labute approximate surface area is 129 Å². The van der Waals surface area contributed by atoms with Crippen molar-refractivity contribution in [3.05, 3.63) is 23.2 Å². The van der Waals surface area contributed by atoms with Crippen molar-refractivity contribution >= 4 is 33.0 Å². The first kappa shape index (κ1) is 17.7. The lowest BCUT2D eigenvalue weighted by Gasteiger charge is -2.12. The third-order valence-corrected chi connectivity index (χ3v) is 3.68. The average Bonchev–Trinajstić information content (AvgIpc) is 2.37. The number of anilines is 1. The maximum absolute atomic E-state index is 11.7. The van der Waals surface area contributed by atoms with Crippen molar-refractivity contribution in [2.75, 3.05) is 30.5 Å². The Morgan fingerprint density at radius 1 is 1.43 bits per heavy atom. The highest BCUT2D eigenvalue weighted by Gasteiger charge is 2.10. The Morgan fingerprint density at radius 2 is 2.14 bits per heavy atom. The summed E-state index contributed by atoms with van der Waals surface area (Å²) >= 11 is 5.89. The van der Waals surface area contributed by atoms with Crippen molar-refractivity contribution < 1.29 is 17.9 Å². The number of benzene rings is 1. The summed E-state index contributed by atoms with van der Waals surface area (Å²) in [4.78, 5) is 11.7. The zero-order valence-corrected chi connectivity index (χ0v) is 13.3. The molecule has 3 N–H and O–H groups in total. The molecule has 6 nitrogen and oxygen atoms in total. The van der Waals surface area contributed by atoms with E-state index >= 15 is 0 Å². The smallest absolute Gasteiger partial charge is 0.224 e. The molecule has 0 radical (unpaired) electrons. The number of sulfone groups is 1. The summed E-state index contributed by atoms with van der Waals surface area (Å²) in [6.07, 6.45) is 2.01. The van der Waals surface area contributed by atoms with Gasteiger partial charge in [0.25, 0.3) is 0 Å². The fraction of sp³-hybridized carbons (Fsp3) is 0.462. The molecule has 1 aromatic carbocycles. The first-order valence-electron chi connectivity index (χ1n) is 6.42. The maximum atomic E-state index is 11.7. The number of halogens is 1. The molecule has 118 valence electrons. The topological polar surface area (TPSA) is 98.5 Å². The van der Waals surface area contributed by atoms with E-state index in [1.54, 1.807) is 18.2 Å². The number of rotatable bonds is 8. The largest absolute Gasteiger partial charge is 0.490 e. The van der Waals surface area contributed by atoms with Crippen LogP contribution in [0, 0.1) is 0 Å². The van der Waals surface area contributed by atoms with Gasteiger partial charge in [-0.2, -0.15) is 0 Å². The van der Waals surface area contributed by atoms with Gasteiger partial charge in [0.15, 0.2) is 9.84 Å². The van der Waals surface area contributed by atoms with Crippen LogP contribution in [0.2, 0.25) is 5.02 Å². The summed E-state index contributed by atoms with van der Waals surface area (Å²) in [6, 6.07) is 4.74. The molecule has 8 heteroatoms. The minimum absolute atomic E-state index is 0.00609. The van der Waals surface area contributed by atoms with Crippen molar-refractivity contribution in [1.29, 1.82) is 0 Å². The van der Waals surface area contributed by atoms with E-state index in [4.69, 9.17) is 22.1 Å². The molecule has 0 unspecified atom stereocenters. The van der Waals surface area contributed by atoms with E-state index in [-0.39, 0.29) is 18.3 Å². The van der Waals surface area contributed by atoms with E-state index in [9.17, 15) is 13.2 Å². The molecule has 0 atom stereocenters. The van der Waals surface area contributed by atoms with Gasteiger partial charge in [0.1, 0.15) is 12.4 Å². The van der Waals surface area contributed by atoms with Crippen molar-refractivity contribution in [2.24, 2.45) is 5.73 Å². The van der Waals surface area contributed by atoms with Crippen molar-refractivity contribution in [3.63, 3.8) is 0 Å². The lowest BCUT2D eigenvalue weighted by atomic mass is 10.2. The molecule has 0 aliphatic heterocycles. The summed E-state index contributed by atoms with van der Waals surface area (Å²) in [5, 5.41) is 3.12. The van der Waals surface area contributed by atoms with Crippen molar-refractivity contribution in [3.8, 4) is 5.75 Å². The van der Waals surface area contributed by atoms with Crippen molar-refractivity contribution in [2.45, 2.75) is 12.8 Å². The molecule has 21 heavy (non-hydrogen) atoms. The molecule has 0 heterocycles. The number of carbonyl (C=O) groups is 1. The fourth-order valence-corrected chi connectivity index (χ4v) is 2.06. The highest BCUT2D eigenvalue weighted by Crippen LogP contribution is 2.28. The van der Waals surface area contributed by atoms with Gasteiger partial charge in [-0.1, -0.05) is 11.6 Å². The summed E-state index contributed by atoms with van der Waals surface area (Å²) in [7, 11) is -3.10. The highest BCUT2D eigenvalue weighted by atomic mass is 35.5. The highest BCUT2D eigenvalue weighted by molar-refractivity contribution is 7.90. The van der Waals surface area contributed by atoms with Gasteiger partial charge < -0.3 is 15.8 Å². The second-order valence-electron chi connectivity index (χ2n) is 4.56. The van der Waals surface area contributed by atoms with Crippen LogP contribution in [0.25, 0.3) is 0 Å². The van der Waals surface area contributed by atoms with Crippen LogP contribution in [-0.4, -0.2) is 39.5 Å². The molecule has 1 amide bonds. The Hall–Kier alpha value is -1.31. The van der Waals surface area contributed by atoms with Gasteiger partial charge in [0.05, 0.1) is 11.4 Å². The SMILES string of the molecule is CS(=O)(=O)CCOc1ccc(Cl)cc1NC(=O)CCCN. The molecular weight excluding hydrogens is 316 g/mol. The Morgan fingerprint density at radius 3 is 2.76 bits per heavy atom. The summed E-state index contributed by atoms with van der Waals surface area (Å²) in [5.41, 5.74) is 5.76. The fourth-order valence-electron chi connectivity index (χ4n) is 1.50. The second-order valence-corrected chi connectivity index (χ2v) is 7.26. The van der Waals surface area contributed by atoms with E-state index in [0.29, 0.717) is 35.8 Å². The predicted octanol–water partition coefficient (Wildman–Crippen LogP) is 1.44. The van der Waals surface area contributed by atoms with Gasteiger partial charge >= 0.3 is 0 Å². The van der Waals surface area contributed by atoms with E-state index in [2.05, 4.69) is 5.32 Å². The van der Waals surface area contributed by atoms with Gasteiger partial charge in [-0.05, 0) is 31.2 Å². The van der Waals surface area contributed by atoms with Gasteiger partial charge in [0.2, 0.25) is 5.91 Å². The molecule has 0 fully saturated rings. The van der Waals surface area contributed by atoms with Gasteiger partial charge in [-0.15, -0.1) is 0 Å². The first-order valence-corrected chi connectivity index (χ1v) is 8.85. The Bertz CT molecular complexity index is 590. The molecule has 0 bridgehead atoms. The predicted molar refractivity (Wildman–Crippen MR) is 83.6 cm³/mol. The summed E-state index contributed by atoms with van der Waals surface area (Å²) < 4.78 is 27.5. The summed E-state index contributed by atoms with van der Waals surface area (Å²) in [5.74, 6) is 0.0794. The summed E-state index contributed by atoms with van der Waals surface area (Å²) in [6.45, 7) is 0.437. The minimum atomic E-state index is -3.10. The lowest BCUT2D eigenvalue weighted by Crippen LogP contribution is -2.16. The quantitative estimate of drug-likeness (QED) is 0.749. The number of carbonyl (C=O) groups excluding carboxylic acids is 1. The molecule has 0 aliphatic rings. The average molecular weight is 335 g/mol. The minimum Gasteiger partial charge on any atom is -0.490 e. The van der Waals surface area contributed by atoms with Gasteiger partial charge in [-0.3, -0.25) is 4.79 Å². The maximum Gasteiger partial charge on any atom is 0.224 e. The standard InChI is InChI=1S/C13H19ClN2O4S/c1-21(18,19)8-7-20-12-5-4-10(14)9-11(12)16-13(17)3-2-6-15/h4-5,9H,2-3,6-8,15H2,1H3,(H,16,17). The Kier molecular flexibility index (Phi) is 6.94. The monoisotopic (exact) mass is 334 g/mol. The first-order chi connectivity index (χ1) is 9.81. The van der Waals surface area contributed by atoms with Gasteiger partial charge in [0, 0.05) is 17.7 Å². The number of nitrogens with one attached hydrogen (secondary N) is 1. The molecule has 0 aliphatic carbocycles. The Balaban J connectivity index is 2.72. The van der Waals surface area contributed by atoms with E-state index in [1.807, 2.05) is 0 Å². The van der Waals surface area contributed by atoms with Crippen LogP contribution in [0.4, 0.5) is 5.69 Å². The zero-order chi connectivity index (χ0) is 15.9. The van der Waals surface area contributed by atoms with E-state index < -0.39 is 9.84 Å². The molecule has 0 aromatic heterocycles. The molecular formula is C13H19ClN2O4S. The van der Waals surface area contributed by atoms with E-state index in [1.165, 1.54) is 0 Å². The van der Waals surface area contributed by atoms with Crippen LogP contribution in [0.5, 0.6) is 5.75 Å². The number of hydrogen-bond acceptors (Lipinski definition) is 5. The van der Waals surface area contributed by atoms with Crippen LogP contribution < -0.4 is 15.8 Å². The van der Waals surface area contributed by atoms with E-state index in [0.717, 1.165) is 6.26 Å². The number of ether oxygens (including phenoxy) is 1. The third-order valence-electron chi connectivity index (χ3n) is 2.54. The van der Waals surface area contributed by atoms with Crippen LogP contribution in [0.15, 0.2) is 18.2 Å². The third kappa shape index (κ3) is 7.31. The van der Waals surface area contributed by atoms with Crippen LogP contribution >= 0.6 is 11.6 Å². The molecule has 1 rings (SSSR count). The number of amides is 1. The normalized spacial score (nSPS) is 11.2. The van der Waals surface area contributed by atoms with Crippen LogP contribution in [-0.2, 0) is 14.6 Å². The van der Waals surface area contributed by atoms with Crippen LogP contribution in [0.3, 0.4) is 0 Å². The second kappa shape index (κ2) is 8.21. The molecule has 0 saturated carbocycles. The lowest BCUT2D eigenvalue weighted by molar-refractivity contribution is -0.116. The zero-order valence-electron chi connectivity index (χ0n) is 11.8.